The number of carbonyl (C=O) groups is 1. The number of rotatable bonds is 5. The number of aromatic nitrogens is 1. The lowest BCUT2D eigenvalue weighted by Crippen LogP contribution is -2.34. The van der Waals surface area contributed by atoms with Crippen molar-refractivity contribution in [3.63, 3.8) is 0 Å². The number of benzene rings is 1. The Morgan fingerprint density at radius 1 is 1.37 bits per heavy atom. The van der Waals surface area contributed by atoms with E-state index in [-0.39, 0.29) is 11.3 Å². The standard InChI is InChI=1S/C15H19N3O/c16-9-15(5-6-15)10-18-14(19)7-11-8-17-13-4-2-1-3-12(11)13/h1-4,8,17H,5-7,9-10,16H2,(H,18,19). The van der Waals surface area contributed by atoms with Crippen LogP contribution in [0.3, 0.4) is 0 Å². The van der Waals surface area contributed by atoms with Gasteiger partial charge >= 0.3 is 0 Å². The molecule has 100 valence electrons. The maximum atomic E-state index is 12.0. The minimum absolute atomic E-state index is 0.0736. The molecule has 1 aromatic heterocycles. The zero-order chi connectivity index (χ0) is 13.3. The Hall–Kier alpha value is -1.81. The van der Waals surface area contributed by atoms with Gasteiger partial charge in [-0.1, -0.05) is 18.2 Å². The van der Waals surface area contributed by atoms with Crippen molar-refractivity contribution in [3.8, 4) is 0 Å². The van der Waals surface area contributed by atoms with Crippen LogP contribution in [0, 0.1) is 5.41 Å². The van der Waals surface area contributed by atoms with Crippen molar-refractivity contribution in [3.05, 3.63) is 36.0 Å². The first-order valence-corrected chi connectivity index (χ1v) is 6.74. The number of hydrogen-bond acceptors (Lipinski definition) is 2. The molecule has 0 bridgehead atoms. The molecule has 1 aliphatic carbocycles. The van der Waals surface area contributed by atoms with E-state index in [0.29, 0.717) is 19.5 Å². The molecule has 1 amide bonds. The smallest absolute Gasteiger partial charge is 0.224 e. The second kappa shape index (κ2) is 4.70. The highest BCUT2D eigenvalue weighted by atomic mass is 16.1. The molecule has 4 nitrogen and oxygen atoms in total. The van der Waals surface area contributed by atoms with Gasteiger partial charge in [0.25, 0.3) is 0 Å². The number of carbonyl (C=O) groups excluding carboxylic acids is 1. The van der Waals surface area contributed by atoms with Crippen LogP contribution in [0.5, 0.6) is 0 Å². The van der Waals surface area contributed by atoms with E-state index in [4.69, 9.17) is 5.73 Å². The molecule has 0 unspecified atom stereocenters. The van der Waals surface area contributed by atoms with Crippen molar-refractivity contribution in [2.75, 3.05) is 13.1 Å². The van der Waals surface area contributed by atoms with Gasteiger partial charge in [-0.25, -0.2) is 0 Å². The normalized spacial score (nSPS) is 16.5. The summed E-state index contributed by atoms with van der Waals surface area (Å²) in [6.45, 7) is 1.38. The molecular weight excluding hydrogens is 238 g/mol. The van der Waals surface area contributed by atoms with E-state index < -0.39 is 0 Å². The Bertz CT molecular complexity index is 598. The van der Waals surface area contributed by atoms with Crippen LogP contribution in [0.4, 0.5) is 0 Å². The quantitative estimate of drug-likeness (QED) is 0.760. The first-order chi connectivity index (χ1) is 9.22. The maximum absolute atomic E-state index is 12.0. The van der Waals surface area contributed by atoms with Crippen molar-refractivity contribution in [2.24, 2.45) is 11.1 Å². The number of amides is 1. The summed E-state index contributed by atoms with van der Waals surface area (Å²) in [6, 6.07) is 8.03. The molecule has 1 fully saturated rings. The van der Waals surface area contributed by atoms with Gasteiger partial charge in [-0.2, -0.15) is 0 Å². The molecule has 0 saturated heterocycles. The monoisotopic (exact) mass is 257 g/mol. The molecule has 0 radical (unpaired) electrons. The molecule has 1 heterocycles. The van der Waals surface area contributed by atoms with Crippen LogP contribution in [0.2, 0.25) is 0 Å². The van der Waals surface area contributed by atoms with Gasteiger partial charge in [0, 0.05) is 23.6 Å². The third kappa shape index (κ3) is 2.49. The van der Waals surface area contributed by atoms with Crippen LogP contribution in [0.15, 0.2) is 30.5 Å². The zero-order valence-corrected chi connectivity index (χ0v) is 10.9. The fourth-order valence-electron chi connectivity index (χ4n) is 2.43. The fraction of sp³-hybridized carbons (Fsp3) is 0.400. The minimum Gasteiger partial charge on any atom is -0.361 e. The van der Waals surface area contributed by atoms with E-state index in [1.165, 1.54) is 0 Å². The molecule has 4 heteroatoms. The summed E-state index contributed by atoms with van der Waals surface area (Å²) < 4.78 is 0. The lowest BCUT2D eigenvalue weighted by molar-refractivity contribution is -0.120. The largest absolute Gasteiger partial charge is 0.361 e. The highest BCUT2D eigenvalue weighted by molar-refractivity contribution is 5.88. The van der Waals surface area contributed by atoms with Crippen molar-refractivity contribution in [2.45, 2.75) is 19.3 Å². The number of fused-ring (bicyclic) bond motifs is 1. The number of aromatic amines is 1. The third-order valence-electron chi connectivity index (χ3n) is 4.08. The predicted molar refractivity (Wildman–Crippen MR) is 75.7 cm³/mol. The van der Waals surface area contributed by atoms with Crippen molar-refractivity contribution in [1.29, 1.82) is 0 Å². The van der Waals surface area contributed by atoms with Crippen LogP contribution in [-0.4, -0.2) is 24.0 Å². The van der Waals surface area contributed by atoms with Gasteiger partial charge in [-0.15, -0.1) is 0 Å². The summed E-state index contributed by atoms with van der Waals surface area (Å²) in [5, 5.41) is 4.13. The fourth-order valence-corrected chi connectivity index (χ4v) is 2.43. The van der Waals surface area contributed by atoms with Crippen LogP contribution in [0.1, 0.15) is 18.4 Å². The average molecular weight is 257 g/mol. The molecule has 1 aromatic carbocycles. The molecule has 3 rings (SSSR count). The number of nitrogens with two attached hydrogens (primary N) is 1. The van der Waals surface area contributed by atoms with E-state index in [1.54, 1.807) is 0 Å². The molecule has 2 aromatic rings. The van der Waals surface area contributed by atoms with Gasteiger partial charge in [0.05, 0.1) is 6.42 Å². The topological polar surface area (TPSA) is 70.9 Å². The molecule has 1 aliphatic rings. The third-order valence-corrected chi connectivity index (χ3v) is 4.08. The van der Waals surface area contributed by atoms with Crippen LogP contribution >= 0.6 is 0 Å². The lowest BCUT2D eigenvalue weighted by Gasteiger charge is -2.13. The predicted octanol–water partition coefficient (Wildman–Crippen LogP) is 1.57. The Balaban J connectivity index is 1.63. The highest BCUT2D eigenvalue weighted by Gasteiger charge is 2.41. The molecule has 1 saturated carbocycles. The second-order valence-electron chi connectivity index (χ2n) is 5.52. The number of para-hydroxylation sites is 1. The van der Waals surface area contributed by atoms with E-state index in [1.807, 2.05) is 30.5 Å². The Labute approximate surface area is 112 Å². The van der Waals surface area contributed by atoms with E-state index in [9.17, 15) is 4.79 Å². The number of nitrogens with one attached hydrogen (secondary N) is 2. The van der Waals surface area contributed by atoms with Gasteiger partial charge in [-0.3, -0.25) is 4.79 Å². The van der Waals surface area contributed by atoms with Crippen molar-refractivity contribution < 1.29 is 4.79 Å². The SMILES string of the molecule is NCC1(CNC(=O)Cc2c[nH]c3ccccc23)CC1. The summed E-state index contributed by atoms with van der Waals surface area (Å²) >= 11 is 0. The van der Waals surface area contributed by atoms with Gasteiger partial charge in [0.2, 0.25) is 5.91 Å². The molecule has 0 aliphatic heterocycles. The average Bonchev–Trinajstić information content (AvgIpc) is 3.13. The molecule has 0 atom stereocenters. The Morgan fingerprint density at radius 3 is 2.89 bits per heavy atom. The molecular formula is C15H19N3O. The summed E-state index contributed by atoms with van der Waals surface area (Å²) in [5.74, 6) is 0.0736. The molecule has 19 heavy (non-hydrogen) atoms. The summed E-state index contributed by atoms with van der Waals surface area (Å²) in [5.41, 5.74) is 8.02. The van der Waals surface area contributed by atoms with Gasteiger partial charge < -0.3 is 16.0 Å². The van der Waals surface area contributed by atoms with E-state index >= 15 is 0 Å². The summed E-state index contributed by atoms with van der Waals surface area (Å²) in [4.78, 5) is 15.2. The maximum Gasteiger partial charge on any atom is 0.224 e. The van der Waals surface area contributed by atoms with Crippen molar-refractivity contribution in [1.82, 2.24) is 10.3 Å². The van der Waals surface area contributed by atoms with Gasteiger partial charge in [0.15, 0.2) is 0 Å². The summed E-state index contributed by atoms with van der Waals surface area (Å²) in [6.07, 6.45) is 4.61. The Kier molecular flexibility index (Phi) is 3.03. The number of H-pyrrole nitrogens is 1. The minimum atomic E-state index is 0.0736. The second-order valence-corrected chi connectivity index (χ2v) is 5.52. The van der Waals surface area contributed by atoms with E-state index in [0.717, 1.165) is 29.3 Å². The molecule has 4 N–H and O–H groups in total. The first-order valence-electron chi connectivity index (χ1n) is 6.74. The van der Waals surface area contributed by atoms with Crippen LogP contribution < -0.4 is 11.1 Å². The van der Waals surface area contributed by atoms with Gasteiger partial charge in [-0.05, 0) is 36.4 Å². The van der Waals surface area contributed by atoms with Crippen LogP contribution in [0.25, 0.3) is 10.9 Å². The van der Waals surface area contributed by atoms with Crippen LogP contribution in [-0.2, 0) is 11.2 Å². The first kappa shape index (κ1) is 12.2. The lowest BCUT2D eigenvalue weighted by atomic mass is 10.1. The zero-order valence-electron chi connectivity index (χ0n) is 10.9. The highest BCUT2D eigenvalue weighted by Crippen LogP contribution is 2.43. The number of hydrogen-bond donors (Lipinski definition) is 3. The van der Waals surface area contributed by atoms with E-state index in [2.05, 4.69) is 10.3 Å². The van der Waals surface area contributed by atoms with Gasteiger partial charge in [0.1, 0.15) is 0 Å². The van der Waals surface area contributed by atoms with Crippen molar-refractivity contribution >= 4 is 16.8 Å². The molecule has 0 spiro atoms. The summed E-state index contributed by atoms with van der Waals surface area (Å²) in [7, 11) is 0. The Morgan fingerprint density at radius 2 is 2.16 bits per heavy atom.